The standard InChI is InChI=1S/C10H8BrClN2O2S2/c1-6-2-3-9(17-6)18(15,16)14-8-4-7(11)5-13-10(8)12/h2-5,14H,1H3. The molecule has 1 N–H and O–H groups in total. The fraction of sp³-hybridized carbons (Fsp3) is 0.100. The number of anilines is 1. The Hall–Kier alpha value is -0.630. The summed E-state index contributed by atoms with van der Waals surface area (Å²) in [7, 11) is -3.61. The van der Waals surface area contributed by atoms with E-state index in [-0.39, 0.29) is 15.0 Å². The fourth-order valence-corrected chi connectivity index (χ4v) is 4.12. The van der Waals surface area contributed by atoms with Crippen molar-refractivity contribution in [1.82, 2.24) is 4.98 Å². The molecule has 0 radical (unpaired) electrons. The van der Waals surface area contributed by atoms with Crippen LogP contribution in [0.5, 0.6) is 0 Å². The number of hydrogen-bond acceptors (Lipinski definition) is 4. The Kier molecular flexibility index (Phi) is 3.96. The molecule has 0 aliphatic rings. The zero-order valence-electron chi connectivity index (χ0n) is 9.15. The van der Waals surface area contributed by atoms with Gasteiger partial charge < -0.3 is 0 Å². The average molecular weight is 368 g/mol. The van der Waals surface area contributed by atoms with Gasteiger partial charge in [0.1, 0.15) is 4.21 Å². The maximum absolute atomic E-state index is 12.1. The van der Waals surface area contributed by atoms with Crippen molar-refractivity contribution in [2.45, 2.75) is 11.1 Å². The second kappa shape index (κ2) is 5.16. The Bertz CT molecular complexity index is 685. The zero-order valence-corrected chi connectivity index (χ0v) is 13.1. The van der Waals surface area contributed by atoms with Crippen molar-refractivity contribution in [3.63, 3.8) is 0 Å². The van der Waals surface area contributed by atoms with E-state index in [9.17, 15) is 8.42 Å². The molecule has 2 aromatic rings. The van der Waals surface area contributed by atoms with Gasteiger partial charge in [-0.3, -0.25) is 4.72 Å². The minimum Gasteiger partial charge on any atom is -0.276 e. The summed E-state index contributed by atoms with van der Waals surface area (Å²) in [6.07, 6.45) is 1.50. The Morgan fingerprint density at radius 3 is 2.78 bits per heavy atom. The lowest BCUT2D eigenvalue weighted by Gasteiger charge is -2.07. The fourth-order valence-electron chi connectivity index (χ4n) is 1.25. The molecule has 4 nitrogen and oxygen atoms in total. The number of nitrogens with zero attached hydrogens (tertiary/aromatic N) is 1. The molecule has 96 valence electrons. The van der Waals surface area contributed by atoms with E-state index in [4.69, 9.17) is 11.6 Å². The van der Waals surface area contributed by atoms with Crippen LogP contribution in [-0.2, 0) is 10.0 Å². The molecule has 0 spiro atoms. The second-order valence-electron chi connectivity index (χ2n) is 3.46. The van der Waals surface area contributed by atoms with Gasteiger partial charge >= 0.3 is 0 Å². The van der Waals surface area contributed by atoms with Crippen LogP contribution in [0.25, 0.3) is 0 Å². The molecule has 2 aromatic heterocycles. The number of halogens is 2. The van der Waals surface area contributed by atoms with Crippen LogP contribution in [0.3, 0.4) is 0 Å². The third-order valence-electron chi connectivity index (χ3n) is 2.03. The van der Waals surface area contributed by atoms with Gasteiger partial charge in [-0.25, -0.2) is 13.4 Å². The van der Waals surface area contributed by atoms with Crippen LogP contribution in [0.4, 0.5) is 5.69 Å². The van der Waals surface area contributed by atoms with Gasteiger partial charge in [0.2, 0.25) is 0 Å². The summed E-state index contributed by atoms with van der Waals surface area (Å²) in [6.45, 7) is 1.84. The number of sulfonamides is 1. The first kappa shape index (κ1) is 13.8. The third kappa shape index (κ3) is 3.03. The van der Waals surface area contributed by atoms with Crippen molar-refractivity contribution in [2.24, 2.45) is 0 Å². The lowest BCUT2D eigenvalue weighted by Crippen LogP contribution is -2.12. The molecule has 0 saturated carbocycles. The summed E-state index contributed by atoms with van der Waals surface area (Å²) in [5.74, 6) is 0. The predicted octanol–water partition coefficient (Wildman–Crippen LogP) is 3.67. The number of rotatable bonds is 3. The number of aromatic nitrogens is 1. The van der Waals surface area contributed by atoms with Crippen LogP contribution in [0.2, 0.25) is 5.15 Å². The number of hydrogen-bond donors (Lipinski definition) is 1. The van der Waals surface area contributed by atoms with E-state index >= 15 is 0 Å². The van der Waals surface area contributed by atoms with Gasteiger partial charge in [-0.1, -0.05) is 11.6 Å². The lowest BCUT2D eigenvalue weighted by atomic mass is 10.4. The highest BCUT2D eigenvalue weighted by molar-refractivity contribution is 9.10. The van der Waals surface area contributed by atoms with E-state index in [1.54, 1.807) is 18.2 Å². The Labute approximate surface area is 122 Å². The molecule has 0 aliphatic heterocycles. The van der Waals surface area contributed by atoms with E-state index in [0.717, 1.165) is 4.88 Å². The van der Waals surface area contributed by atoms with Crippen molar-refractivity contribution < 1.29 is 8.42 Å². The summed E-state index contributed by atoms with van der Waals surface area (Å²) < 4.78 is 27.5. The normalized spacial score (nSPS) is 11.5. The third-order valence-corrected chi connectivity index (χ3v) is 5.62. The minimum atomic E-state index is -3.61. The van der Waals surface area contributed by atoms with Gasteiger partial charge in [-0.2, -0.15) is 0 Å². The van der Waals surface area contributed by atoms with Crippen LogP contribution in [0.15, 0.2) is 33.1 Å². The van der Waals surface area contributed by atoms with Gasteiger partial charge in [0.15, 0.2) is 5.15 Å². The predicted molar refractivity (Wildman–Crippen MR) is 76.8 cm³/mol. The maximum Gasteiger partial charge on any atom is 0.271 e. The second-order valence-corrected chi connectivity index (χ2v) is 7.93. The smallest absolute Gasteiger partial charge is 0.271 e. The van der Waals surface area contributed by atoms with Crippen LogP contribution in [0.1, 0.15) is 4.88 Å². The molecular weight excluding hydrogens is 360 g/mol. The topological polar surface area (TPSA) is 59.1 Å². The van der Waals surface area contributed by atoms with Gasteiger partial charge in [0, 0.05) is 15.5 Å². The average Bonchev–Trinajstić information content (AvgIpc) is 2.71. The summed E-state index contributed by atoms with van der Waals surface area (Å²) in [4.78, 5) is 4.78. The van der Waals surface area contributed by atoms with E-state index < -0.39 is 10.0 Å². The first-order valence-electron chi connectivity index (χ1n) is 4.79. The molecule has 8 heteroatoms. The SMILES string of the molecule is Cc1ccc(S(=O)(=O)Nc2cc(Br)cnc2Cl)s1. The van der Waals surface area contributed by atoms with Gasteiger partial charge in [-0.15, -0.1) is 11.3 Å². The molecule has 0 unspecified atom stereocenters. The molecule has 0 aliphatic carbocycles. The molecule has 0 amide bonds. The van der Waals surface area contributed by atoms with Gasteiger partial charge in [0.25, 0.3) is 10.0 Å². The number of thiophene rings is 1. The van der Waals surface area contributed by atoms with Crippen LogP contribution < -0.4 is 4.72 Å². The Morgan fingerprint density at radius 2 is 2.17 bits per heavy atom. The molecule has 2 rings (SSSR count). The largest absolute Gasteiger partial charge is 0.276 e. The van der Waals surface area contributed by atoms with E-state index in [1.165, 1.54) is 17.5 Å². The molecular formula is C10H8BrClN2O2S2. The summed E-state index contributed by atoms with van der Waals surface area (Å²) in [5.41, 5.74) is 0.247. The lowest BCUT2D eigenvalue weighted by molar-refractivity contribution is 0.603. The molecule has 0 aromatic carbocycles. The highest BCUT2D eigenvalue weighted by Gasteiger charge is 2.18. The van der Waals surface area contributed by atoms with Gasteiger partial charge in [-0.05, 0) is 41.1 Å². The molecule has 18 heavy (non-hydrogen) atoms. The minimum absolute atomic E-state index is 0.107. The molecule has 2 heterocycles. The van der Waals surface area contributed by atoms with E-state index in [2.05, 4.69) is 25.6 Å². The quantitative estimate of drug-likeness (QED) is 0.842. The number of nitrogens with one attached hydrogen (secondary N) is 1. The number of aryl methyl sites for hydroxylation is 1. The highest BCUT2D eigenvalue weighted by Crippen LogP contribution is 2.28. The Morgan fingerprint density at radius 1 is 1.44 bits per heavy atom. The molecule has 0 bridgehead atoms. The van der Waals surface area contributed by atoms with Gasteiger partial charge in [0.05, 0.1) is 5.69 Å². The Balaban J connectivity index is 2.36. The molecule has 0 saturated heterocycles. The van der Waals surface area contributed by atoms with Crippen molar-refractivity contribution in [3.05, 3.63) is 38.9 Å². The number of pyridine rings is 1. The van der Waals surface area contributed by atoms with E-state index in [0.29, 0.717) is 4.47 Å². The summed E-state index contributed by atoms with van der Waals surface area (Å²) >= 11 is 10.2. The van der Waals surface area contributed by atoms with Crippen LogP contribution in [-0.4, -0.2) is 13.4 Å². The van der Waals surface area contributed by atoms with Crippen LogP contribution in [0, 0.1) is 6.92 Å². The van der Waals surface area contributed by atoms with Crippen molar-refractivity contribution in [2.75, 3.05) is 4.72 Å². The maximum atomic E-state index is 12.1. The van der Waals surface area contributed by atoms with E-state index in [1.807, 2.05) is 6.92 Å². The van der Waals surface area contributed by atoms with Crippen molar-refractivity contribution in [3.8, 4) is 0 Å². The van der Waals surface area contributed by atoms with Crippen molar-refractivity contribution >= 4 is 54.6 Å². The summed E-state index contributed by atoms with van der Waals surface area (Å²) in [5, 5.41) is 0.107. The molecule has 0 fully saturated rings. The summed E-state index contributed by atoms with van der Waals surface area (Å²) in [6, 6.07) is 4.87. The van der Waals surface area contributed by atoms with Crippen molar-refractivity contribution in [1.29, 1.82) is 0 Å². The monoisotopic (exact) mass is 366 g/mol. The molecule has 0 atom stereocenters. The highest BCUT2D eigenvalue weighted by atomic mass is 79.9. The van der Waals surface area contributed by atoms with Crippen LogP contribution >= 0.6 is 38.9 Å². The first-order chi connectivity index (χ1) is 8.38. The zero-order chi connectivity index (χ0) is 13.3. The first-order valence-corrected chi connectivity index (χ1v) is 8.26.